The van der Waals surface area contributed by atoms with Crippen molar-refractivity contribution in [2.45, 2.75) is 45.1 Å². The smallest absolute Gasteiger partial charge is 0.244 e. The van der Waals surface area contributed by atoms with Gasteiger partial charge in [-0.15, -0.1) is 0 Å². The molecule has 1 aromatic heterocycles. The molecular weight excluding hydrogens is 204 g/mol. The maximum absolute atomic E-state index is 12.1. The molecule has 16 heavy (non-hydrogen) atoms. The molecule has 1 aliphatic carbocycles. The fourth-order valence-electron chi connectivity index (χ4n) is 2.21. The van der Waals surface area contributed by atoms with Crippen molar-refractivity contribution in [2.24, 2.45) is 5.73 Å². The number of anilines is 1. The van der Waals surface area contributed by atoms with Crippen LogP contribution < -0.4 is 11.1 Å². The Kier molecular flexibility index (Phi) is 2.71. The van der Waals surface area contributed by atoms with Gasteiger partial charge < -0.3 is 11.1 Å². The van der Waals surface area contributed by atoms with Crippen LogP contribution in [0.1, 0.15) is 37.1 Å². The first-order valence-electron chi connectivity index (χ1n) is 5.65. The Labute approximate surface area is 94.8 Å². The Morgan fingerprint density at radius 3 is 2.56 bits per heavy atom. The molecule has 1 aromatic rings. The summed E-state index contributed by atoms with van der Waals surface area (Å²) in [6, 6.07) is 0. The number of carbonyl (C=O) groups is 1. The summed E-state index contributed by atoms with van der Waals surface area (Å²) in [5.41, 5.74) is 7.82. The van der Waals surface area contributed by atoms with Gasteiger partial charge >= 0.3 is 0 Å². The number of nitrogens with zero attached hydrogens (tertiary/aromatic N) is 1. The number of hydrogen-bond donors (Lipinski definition) is 3. The van der Waals surface area contributed by atoms with Gasteiger partial charge in [-0.3, -0.25) is 9.89 Å². The molecule has 0 saturated heterocycles. The van der Waals surface area contributed by atoms with Crippen molar-refractivity contribution < 1.29 is 4.79 Å². The number of nitrogens with one attached hydrogen (secondary N) is 2. The molecule has 0 bridgehead atoms. The topological polar surface area (TPSA) is 83.8 Å². The molecule has 0 unspecified atom stereocenters. The Morgan fingerprint density at radius 2 is 2.06 bits per heavy atom. The third-order valence-corrected chi connectivity index (χ3v) is 3.31. The summed E-state index contributed by atoms with van der Waals surface area (Å²) in [5, 5.41) is 9.76. The van der Waals surface area contributed by atoms with E-state index in [9.17, 15) is 4.79 Å². The zero-order valence-corrected chi connectivity index (χ0v) is 9.76. The van der Waals surface area contributed by atoms with Crippen LogP contribution in [0.3, 0.4) is 0 Å². The van der Waals surface area contributed by atoms with Gasteiger partial charge in [0, 0.05) is 0 Å². The third kappa shape index (κ3) is 1.82. The second-order valence-corrected chi connectivity index (χ2v) is 4.63. The van der Waals surface area contributed by atoms with Crippen molar-refractivity contribution in [3.63, 3.8) is 0 Å². The van der Waals surface area contributed by atoms with Crippen molar-refractivity contribution >= 4 is 11.6 Å². The summed E-state index contributed by atoms with van der Waals surface area (Å²) in [6.45, 7) is 3.74. The lowest BCUT2D eigenvalue weighted by atomic mass is 9.98. The molecule has 1 saturated carbocycles. The number of amides is 1. The number of nitrogens with two attached hydrogens (primary N) is 1. The summed E-state index contributed by atoms with van der Waals surface area (Å²) < 4.78 is 0. The highest BCUT2D eigenvalue weighted by molar-refractivity contribution is 5.98. The van der Waals surface area contributed by atoms with Gasteiger partial charge in [-0.25, -0.2) is 0 Å². The third-order valence-electron chi connectivity index (χ3n) is 3.31. The number of aromatic amines is 1. The summed E-state index contributed by atoms with van der Waals surface area (Å²) in [5.74, 6) is -0.0856. The van der Waals surface area contributed by atoms with Crippen LogP contribution in [0.4, 0.5) is 5.69 Å². The molecule has 5 heteroatoms. The number of aromatic nitrogens is 2. The minimum absolute atomic E-state index is 0.0856. The minimum Gasteiger partial charge on any atom is -0.321 e. The first kappa shape index (κ1) is 11.1. The van der Waals surface area contributed by atoms with E-state index in [1.165, 1.54) is 0 Å². The lowest BCUT2D eigenvalue weighted by Gasteiger charge is -2.22. The van der Waals surface area contributed by atoms with Crippen LogP contribution in [-0.2, 0) is 4.79 Å². The fourth-order valence-corrected chi connectivity index (χ4v) is 2.21. The largest absolute Gasteiger partial charge is 0.321 e. The van der Waals surface area contributed by atoms with Crippen LogP contribution in [0.2, 0.25) is 0 Å². The first-order chi connectivity index (χ1) is 7.53. The van der Waals surface area contributed by atoms with E-state index in [2.05, 4.69) is 15.5 Å². The molecule has 88 valence electrons. The van der Waals surface area contributed by atoms with Gasteiger partial charge in [-0.1, -0.05) is 12.8 Å². The van der Waals surface area contributed by atoms with E-state index in [1.54, 1.807) is 0 Å². The average Bonchev–Trinajstić information content (AvgIpc) is 2.80. The van der Waals surface area contributed by atoms with Crippen molar-refractivity contribution in [3.05, 3.63) is 11.4 Å². The molecule has 0 aliphatic heterocycles. The second-order valence-electron chi connectivity index (χ2n) is 4.63. The van der Waals surface area contributed by atoms with Crippen LogP contribution in [0.15, 0.2) is 0 Å². The minimum atomic E-state index is -0.684. The van der Waals surface area contributed by atoms with Gasteiger partial charge in [-0.05, 0) is 26.7 Å². The van der Waals surface area contributed by atoms with Gasteiger partial charge in [0.05, 0.1) is 22.6 Å². The van der Waals surface area contributed by atoms with Gasteiger partial charge in [0.15, 0.2) is 0 Å². The molecule has 1 fully saturated rings. The van der Waals surface area contributed by atoms with Gasteiger partial charge in [0.25, 0.3) is 0 Å². The van der Waals surface area contributed by atoms with Crippen LogP contribution in [0.5, 0.6) is 0 Å². The second kappa shape index (κ2) is 3.90. The molecule has 5 nitrogen and oxygen atoms in total. The predicted octanol–water partition coefficient (Wildman–Crippen LogP) is 1.24. The predicted molar refractivity (Wildman–Crippen MR) is 62.1 cm³/mol. The highest BCUT2D eigenvalue weighted by Gasteiger charge is 2.37. The van der Waals surface area contributed by atoms with Gasteiger partial charge in [0.1, 0.15) is 0 Å². The standard InChI is InChI=1S/C11H18N4O/c1-7-9(8(2)15-14-7)13-10(16)11(12)5-3-4-6-11/h3-6,12H2,1-2H3,(H,13,16)(H,14,15). The monoisotopic (exact) mass is 222 g/mol. The maximum Gasteiger partial charge on any atom is 0.244 e. The van der Waals surface area contributed by atoms with Crippen molar-refractivity contribution in [3.8, 4) is 0 Å². The Bertz CT molecular complexity index is 385. The zero-order valence-electron chi connectivity index (χ0n) is 9.76. The van der Waals surface area contributed by atoms with E-state index in [4.69, 9.17) is 5.73 Å². The van der Waals surface area contributed by atoms with E-state index >= 15 is 0 Å². The van der Waals surface area contributed by atoms with E-state index in [0.29, 0.717) is 0 Å². The number of carbonyl (C=O) groups excluding carboxylic acids is 1. The van der Waals surface area contributed by atoms with Crippen molar-refractivity contribution in [1.82, 2.24) is 10.2 Å². The van der Waals surface area contributed by atoms with Gasteiger partial charge in [0.2, 0.25) is 5.91 Å². The van der Waals surface area contributed by atoms with Crippen LogP contribution in [-0.4, -0.2) is 21.6 Å². The Morgan fingerprint density at radius 1 is 1.44 bits per heavy atom. The van der Waals surface area contributed by atoms with E-state index < -0.39 is 5.54 Å². The van der Waals surface area contributed by atoms with E-state index in [1.807, 2.05) is 13.8 Å². The first-order valence-corrected chi connectivity index (χ1v) is 5.65. The Hall–Kier alpha value is -1.36. The normalized spacial score (nSPS) is 18.7. The van der Waals surface area contributed by atoms with E-state index in [0.717, 1.165) is 42.8 Å². The maximum atomic E-state index is 12.1. The number of H-pyrrole nitrogens is 1. The van der Waals surface area contributed by atoms with Crippen LogP contribution in [0, 0.1) is 13.8 Å². The van der Waals surface area contributed by atoms with Crippen LogP contribution in [0.25, 0.3) is 0 Å². The molecule has 2 rings (SSSR count). The Balaban J connectivity index is 2.13. The van der Waals surface area contributed by atoms with Gasteiger partial charge in [-0.2, -0.15) is 5.10 Å². The zero-order chi connectivity index (χ0) is 11.8. The highest BCUT2D eigenvalue weighted by Crippen LogP contribution is 2.29. The van der Waals surface area contributed by atoms with Crippen molar-refractivity contribution in [2.75, 3.05) is 5.32 Å². The number of rotatable bonds is 2. The summed E-state index contributed by atoms with van der Waals surface area (Å²) in [4.78, 5) is 12.1. The SMILES string of the molecule is Cc1n[nH]c(C)c1NC(=O)C1(N)CCCC1. The molecule has 1 amide bonds. The molecule has 0 radical (unpaired) electrons. The summed E-state index contributed by atoms with van der Waals surface area (Å²) in [7, 11) is 0. The molecule has 1 aliphatic rings. The molecule has 1 heterocycles. The lowest BCUT2D eigenvalue weighted by molar-refractivity contribution is -0.121. The fraction of sp³-hybridized carbons (Fsp3) is 0.636. The lowest BCUT2D eigenvalue weighted by Crippen LogP contribution is -2.48. The van der Waals surface area contributed by atoms with Crippen molar-refractivity contribution in [1.29, 1.82) is 0 Å². The molecule has 0 aromatic carbocycles. The van der Waals surface area contributed by atoms with E-state index in [-0.39, 0.29) is 5.91 Å². The van der Waals surface area contributed by atoms with Crippen LogP contribution >= 0.6 is 0 Å². The average molecular weight is 222 g/mol. The molecule has 0 spiro atoms. The molecule has 0 atom stereocenters. The quantitative estimate of drug-likeness (QED) is 0.703. The highest BCUT2D eigenvalue weighted by atomic mass is 16.2. The number of aryl methyl sites for hydroxylation is 2. The molecular formula is C11H18N4O. The summed E-state index contributed by atoms with van der Waals surface area (Å²) in [6.07, 6.45) is 3.62. The summed E-state index contributed by atoms with van der Waals surface area (Å²) >= 11 is 0. The number of hydrogen-bond acceptors (Lipinski definition) is 3. The molecule has 4 N–H and O–H groups in total.